The molecule has 0 amide bonds. The van der Waals surface area contributed by atoms with Crippen molar-refractivity contribution in [3.05, 3.63) is 0 Å². The fourth-order valence-electron chi connectivity index (χ4n) is 3.25. The van der Waals surface area contributed by atoms with Gasteiger partial charge in [-0.15, -0.1) is 0 Å². The monoisotopic (exact) mass is 280 g/mol. The van der Waals surface area contributed by atoms with Crippen LogP contribution in [0.3, 0.4) is 0 Å². The first-order valence-electron chi connectivity index (χ1n) is 7.25. The highest BCUT2D eigenvalue weighted by atomic mass is 16.1. The van der Waals surface area contributed by atoms with Crippen molar-refractivity contribution in [3.8, 4) is 0 Å². The summed E-state index contributed by atoms with van der Waals surface area (Å²) < 4.78 is 0. The number of hydrogen-bond donors (Lipinski definition) is 0. The molecule has 0 aromatic heterocycles. The van der Waals surface area contributed by atoms with Crippen molar-refractivity contribution in [3.63, 3.8) is 0 Å². The maximum Gasteiger partial charge on any atom is 0.133 e. The van der Waals surface area contributed by atoms with Gasteiger partial charge in [-0.1, -0.05) is 0 Å². The van der Waals surface area contributed by atoms with Gasteiger partial charge in [0.2, 0.25) is 0 Å². The molecule has 4 unspecified atom stereocenters. The van der Waals surface area contributed by atoms with Crippen molar-refractivity contribution in [2.75, 3.05) is 0 Å². The zero-order chi connectivity index (χ0) is 15.4. The smallest absolute Gasteiger partial charge is 0.133 e. The molecule has 0 aromatic rings. The van der Waals surface area contributed by atoms with Crippen molar-refractivity contribution < 1.29 is 19.2 Å². The largest absolute Gasteiger partial charge is 0.300 e. The van der Waals surface area contributed by atoms with Crippen molar-refractivity contribution in [1.29, 1.82) is 0 Å². The lowest BCUT2D eigenvalue weighted by Gasteiger charge is -2.32. The van der Waals surface area contributed by atoms with Crippen LogP contribution in [-0.2, 0) is 19.2 Å². The second-order valence-electron chi connectivity index (χ2n) is 6.10. The number of Topliss-reactive ketones (excluding diaryl/α,β-unsaturated/α-hetero) is 4. The van der Waals surface area contributed by atoms with E-state index >= 15 is 0 Å². The second kappa shape index (κ2) is 6.91. The molecule has 1 fully saturated rings. The summed E-state index contributed by atoms with van der Waals surface area (Å²) in [5, 5.41) is 0. The number of carbonyl (C=O) groups excluding carboxylic acids is 4. The van der Waals surface area contributed by atoms with Gasteiger partial charge in [0.15, 0.2) is 0 Å². The first-order valence-corrected chi connectivity index (χ1v) is 7.25. The van der Waals surface area contributed by atoms with Crippen LogP contribution in [0.4, 0.5) is 0 Å². The van der Waals surface area contributed by atoms with E-state index in [4.69, 9.17) is 0 Å². The van der Waals surface area contributed by atoms with Gasteiger partial charge in [-0.2, -0.15) is 0 Å². The van der Waals surface area contributed by atoms with E-state index < -0.39 is 0 Å². The fourth-order valence-corrected chi connectivity index (χ4v) is 3.25. The van der Waals surface area contributed by atoms with Crippen LogP contribution in [0.15, 0.2) is 0 Å². The SMILES string of the molecule is CC(=O)C1CCC(C(C)=O)C(C(C)=O)CC(C(C)=O)C1. The highest BCUT2D eigenvalue weighted by Crippen LogP contribution is 2.35. The lowest BCUT2D eigenvalue weighted by atomic mass is 9.70. The number of carbonyl (C=O) groups is 4. The molecule has 0 N–H and O–H groups in total. The van der Waals surface area contributed by atoms with Crippen LogP contribution < -0.4 is 0 Å². The van der Waals surface area contributed by atoms with Crippen molar-refractivity contribution >= 4 is 23.1 Å². The molecule has 1 aliphatic rings. The summed E-state index contributed by atoms with van der Waals surface area (Å²) in [6, 6.07) is 0. The molecule has 0 saturated heterocycles. The van der Waals surface area contributed by atoms with Crippen LogP contribution in [0.5, 0.6) is 0 Å². The molecular formula is C16H24O4. The molecule has 1 saturated carbocycles. The summed E-state index contributed by atoms with van der Waals surface area (Å²) in [6.45, 7) is 6.02. The Balaban J connectivity index is 3.06. The van der Waals surface area contributed by atoms with E-state index in [0.717, 1.165) is 0 Å². The quantitative estimate of drug-likeness (QED) is 0.793. The highest BCUT2D eigenvalue weighted by Gasteiger charge is 2.37. The Morgan fingerprint density at radius 3 is 1.50 bits per heavy atom. The normalized spacial score (nSPS) is 31.0. The summed E-state index contributed by atoms with van der Waals surface area (Å²) in [6.07, 6.45) is 2.07. The average molecular weight is 280 g/mol. The van der Waals surface area contributed by atoms with Gasteiger partial charge < -0.3 is 0 Å². The minimum Gasteiger partial charge on any atom is -0.300 e. The topological polar surface area (TPSA) is 68.3 Å². The Hall–Kier alpha value is -1.32. The van der Waals surface area contributed by atoms with Gasteiger partial charge in [0.05, 0.1) is 0 Å². The number of rotatable bonds is 4. The van der Waals surface area contributed by atoms with E-state index in [-0.39, 0.29) is 46.8 Å². The van der Waals surface area contributed by atoms with E-state index in [1.165, 1.54) is 27.7 Å². The Kier molecular flexibility index (Phi) is 5.78. The van der Waals surface area contributed by atoms with E-state index in [2.05, 4.69) is 0 Å². The summed E-state index contributed by atoms with van der Waals surface area (Å²) in [7, 11) is 0. The van der Waals surface area contributed by atoms with Crippen molar-refractivity contribution in [2.24, 2.45) is 23.7 Å². The molecule has 0 radical (unpaired) electrons. The molecule has 0 aromatic carbocycles. The number of ketones is 4. The standard InChI is InChI=1S/C16H24O4/c1-9(17)13-5-6-15(11(3)19)16(12(4)20)8-14(7-13)10(2)18/h13-16H,5-8H2,1-4H3. The van der Waals surface area contributed by atoms with Gasteiger partial charge in [-0.05, 0) is 53.4 Å². The van der Waals surface area contributed by atoms with Crippen LogP contribution in [0.1, 0.15) is 53.4 Å². The van der Waals surface area contributed by atoms with Gasteiger partial charge in [-0.3, -0.25) is 19.2 Å². The minimum atomic E-state index is -0.380. The lowest BCUT2D eigenvalue weighted by Crippen LogP contribution is -2.35. The van der Waals surface area contributed by atoms with Gasteiger partial charge >= 0.3 is 0 Å². The third kappa shape index (κ3) is 4.09. The first-order chi connectivity index (χ1) is 9.23. The molecule has 4 atom stereocenters. The highest BCUT2D eigenvalue weighted by molar-refractivity contribution is 5.89. The van der Waals surface area contributed by atoms with E-state index in [9.17, 15) is 19.2 Å². The molecule has 4 heteroatoms. The molecule has 20 heavy (non-hydrogen) atoms. The second-order valence-corrected chi connectivity index (χ2v) is 6.10. The summed E-state index contributed by atoms with van der Waals surface area (Å²) >= 11 is 0. The maximum atomic E-state index is 11.8. The summed E-state index contributed by atoms with van der Waals surface area (Å²) in [4.78, 5) is 47.1. The predicted molar refractivity (Wildman–Crippen MR) is 75.2 cm³/mol. The van der Waals surface area contributed by atoms with Gasteiger partial charge in [0.1, 0.15) is 23.1 Å². The zero-order valence-corrected chi connectivity index (χ0v) is 12.8. The summed E-state index contributed by atoms with van der Waals surface area (Å²) in [5.41, 5.74) is 0. The molecule has 0 bridgehead atoms. The van der Waals surface area contributed by atoms with Crippen molar-refractivity contribution in [2.45, 2.75) is 53.4 Å². The van der Waals surface area contributed by atoms with E-state index in [0.29, 0.717) is 25.7 Å². The van der Waals surface area contributed by atoms with Crippen molar-refractivity contribution in [1.82, 2.24) is 0 Å². The maximum absolute atomic E-state index is 11.8. The fraction of sp³-hybridized carbons (Fsp3) is 0.750. The van der Waals surface area contributed by atoms with Gasteiger partial charge in [0, 0.05) is 23.7 Å². The van der Waals surface area contributed by atoms with Crippen LogP contribution in [0, 0.1) is 23.7 Å². The first kappa shape index (κ1) is 16.7. The molecule has 1 aliphatic carbocycles. The molecular weight excluding hydrogens is 256 g/mol. The van der Waals surface area contributed by atoms with Gasteiger partial charge in [-0.25, -0.2) is 0 Å². The summed E-state index contributed by atoms with van der Waals surface area (Å²) in [5.74, 6) is -1.16. The minimum absolute atomic E-state index is 0.00621. The van der Waals surface area contributed by atoms with Crippen LogP contribution in [0.2, 0.25) is 0 Å². The third-order valence-corrected chi connectivity index (χ3v) is 4.61. The average Bonchev–Trinajstić information content (AvgIpc) is 2.26. The zero-order valence-electron chi connectivity index (χ0n) is 12.8. The van der Waals surface area contributed by atoms with Gasteiger partial charge in [0.25, 0.3) is 0 Å². The van der Waals surface area contributed by atoms with Crippen LogP contribution >= 0.6 is 0 Å². The van der Waals surface area contributed by atoms with E-state index in [1.807, 2.05) is 0 Å². The molecule has 112 valence electrons. The molecule has 0 heterocycles. The van der Waals surface area contributed by atoms with Crippen LogP contribution in [-0.4, -0.2) is 23.1 Å². The predicted octanol–water partition coefficient (Wildman–Crippen LogP) is 2.38. The Labute approximate surface area is 120 Å². The number of hydrogen-bond acceptors (Lipinski definition) is 4. The molecule has 4 nitrogen and oxygen atoms in total. The lowest BCUT2D eigenvalue weighted by molar-refractivity contribution is -0.134. The Morgan fingerprint density at radius 1 is 0.600 bits per heavy atom. The molecule has 0 aliphatic heterocycles. The van der Waals surface area contributed by atoms with Crippen LogP contribution in [0.25, 0.3) is 0 Å². The Bertz CT molecular complexity index is 424. The molecule has 0 spiro atoms. The molecule has 1 rings (SSSR count). The third-order valence-electron chi connectivity index (χ3n) is 4.61. The van der Waals surface area contributed by atoms with E-state index in [1.54, 1.807) is 0 Å². The Morgan fingerprint density at radius 2 is 1.10 bits per heavy atom.